The van der Waals surface area contributed by atoms with Crippen LogP contribution in [-0.4, -0.2) is 61.4 Å². The summed E-state index contributed by atoms with van der Waals surface area (Å²) in [4.78, 5) is 33.3. The molecule has 0 radical (unpaired) electrons. The molecule has 0 unspecified atom stereocenters. The lowest BCUT2D eigenvalue weighted by atomic mass is 9.91. The van der Waals surface area contributed by atoms with Crippen LogP contribution in [0.2, 0.25) is 0 Å². The third kappa shape index (κ3) is 5.37. The van der Waals surface area contributed by atoms with Gasteiger partial charge in [-0.15, -0.1) is 0 Å². The SMILES string of the molecule is C[C@@H]1C[C@@H](C)CN(c2cc(NC(=O)C3CC3)ccc2C(=O)N2CCN(C)C[C@H]2c2ccccc2)C1. The lowest BCUT2D eigenvalue weighted by molar-refractivity contribution is -0.117. The van der Waals surface area contributed by atoms with Crippen LogP contribution in [-0.2, 0) is 4.79 Å². The summed E-state index contributed by atoms with van der Waals surface area (Å²) in [5.74, 6) is 1.44. The van der Waals surface area contributed by atoms with Crippen molar-refractivity contribution in [1.29, 1.82) is 0 Å². The molecule has 5 rings (SSSR count). The van der Waals surface area contributed by atoms with Crippen LogP contribution in [0.1, 0.15) is 55.1 Å². The van der Waals surface area contributed by atoms with Crippen LogP contribution in [0.25, 0.3) is 0 Å². The number of piperidine rings is 1. The number of piperazine rings is 1. The van der Waals surface area contributed by atoms with E-state index in [-0.39, 0.29) is 23.8 Å². The molecule has 0 bridgehead atoms. The van der Waals surface area contributed by atoms with Crippen molar-refractivity contribution in [3.05, 3.63) is 59.7 Å². The number of hydrogen-bond acceptors (Lipinski definition) is 4. The van der Waals surface area contributed by atoms with Gasteiger partial charge in [0, 0.05) is 44.3 Å². The van der Waals surface area contributed by atoms with Crippen LogP contribution >= 0.6 is 0 Å². The summed E-state index contributed by atoms with van der Waals surface area (Å²) in [5.41, 5.74) is 3.65. The monoisotopic (exact) mass is 474 g/mol. The zero-order valence-corrected chi connectivity index (χ0v) is 21.2. The van der Waals surface area contributed by atoms with Crippen LogP contribution in [0.4, 0.5) is 11.4 Å². The first-order valence-corrected chi connectivity index (χ1v) is 13.1. The molecule has 2 aromatic rings. The average Bonchev–Trinajstić information content (AvgIpc) is 3.69. The predicted octanol–water partition coefficient (Wildman–Crippen LogP) is 4.65. The number of benzene rings is 2. The fraction of sp³-hybridized carbons (Fsp3) is 0.517. The maximum Gasteiger partial charge on any atom is 0.256 e. The summed E-state index contributed by atoms with van der Waals surface area (Å²) in [7, 11) is 2.12. The Morgan fingerprint density at radius 2 is 1.63 bits per heavy atom. The molecule has 1 saturated carbocycles. The molecule has 2 heterocycles. The second kappa shape index (κ2) is 10.0. The standard InChI is InChI=1S/C29H38N4O2/c1-20-15-21(2)18-32(17-20)26-16-24(30-28(34)23-9-10-23)11-12-25(26)29(35)33-14-13-31(3)19-27(33)22-7-5-4-6-8-22/h4-8,11-12,16,20-21,23,27H,9-10,13-15,17-19H2,1-3H3,(H,30,34)/t20-,21-,27+/m1/s1. The fourth-order valence-electron chi connectivity index (χ4n) is 5.78. The highest BCUT2D eigenvalue weighted by Crippen LogP contribution is 2.35. The highest BCUT2D eigenvalue weighted by molar-refractivity contribution is 6.02. The number of anilines is 2. The Labute approximate surface area is 209 Å². The van der Waals surface area contributed by atoms with E-state index in [1.165, 1.54) is 12.0 Å². The molecule has 6 nitrogen and oxygen atoms in total. The van der Waals surface area contributed by atoms with E-state index in [0.29, 0.717) is 18.4 Å². The first-order chi connectivity index (χ1) is 16.9. The van der Waals surface area contributed by atoms with Gasteiger partial charge < -0.3 is 20.0 Å². The number of likely N-dealkylation sites (N-methyl/N-ethyl adjacent to an activating group) is 1. The molecule has 0 aromatic heterocycles. The largest absolute Gasteiger partial charge is 0.370 e. The van der Waals surface area contributed by atoms with Gasteiger partial charge in [-0.3, -0.25) is 9.59 Å². The maximum atomic E-state index is 14.2. The van der Waals surface area contributed by atoms with Gasteiger partial charge in [-0.1, -0.05) is 44.2 Å². The fourth-order valence-corrected chi connectivity index (χ4v) is 5.78. The van der Waals surface area contributed by atoms with Crippen LogP contribution < -0.4 is 10.2 Å². The van der Waals surface area contributed by atoms with Crippen molar-refractivity contribution in [2.24, 2.45) is 17.8 Å². The van der Waals surface area contributed by atoms with Crippen molar-refractivity contribution in [3.8, 4) is 0 Å². The topological polar surface area (TPSA) is 55.9 Å². The Balaban J connectivity index is 1.49. The molecule has 1 aliphatic carbocycles. The van der Waals surface area contributed by atoms with Gasteiger partial charge in [0.15, 0.2) is 0 Å². The highest BCUT2D eigenvalue weighted by Gasteiger charge is 2.34. The molecule has 35 heavy (non-hydrogen) atoms. The van der Waals surface area contributed by atoms with Crippen molar-refractivity contribution in [2.75, 3.05) is 50.0 Å². The summed E-state index contributed by atoms with van der Waals surface area (Å²) >= 11 is 0. The molecular weight excluding hydrogens is 436 g/mol. The summed E-state index contributed by atoms with van der Waals surface area (Å²) in [6.45, 7) is 8.80. The highest BCUT2D eigenvalue weighted by atomic mass is 16.2. The summed E-state index contributed by atoms with van der Waals surface area (Å²) < 4.78 is 0. The first kappa shape index (κ1) is 23.9. The van der Waals surface area contributed by atoms with Crippen LogP contribution in [0.15, 0.2) is 48.5 Å². The van der Waals surface area contributed by atoms with Crippen LogP contribution in [0, 0.1) is 17.8 Å². The van der Waals surface area contributed by atoms with E-state index in [4.69, 9.17) is 0 Å². The molecule has 0 spiro atoms. The number of nitrogens with one attached hydrogen (secondary N) is 1. The third-order valence-electron chi connectivity index (χ3n) is 7.68. The second-order valence-electron chi connectivity index (χ2n) is 11.0. The van der Waals surface area contributed by atoms with Crippen molar-refractivity contribution in [2.45, 2.75) is 39.2 Å². The minimum atomic E-state index is 0.0174. The van der Waals surface area contributed by atoms with Gasteiger partial charge in [0.05, 0.1) is 17.3 Å². The number of amides is 2. The molecule has 2 aromatic carbocycles. The van der Waals surface area contributed by atoms with E-state index in [1.54, 1.807) is 0 Å². The minimum absolute atomic E-state index is 0.0174. The molecule has 186 valence electrons. The van der Waals surface area contributed by atoms with Crippen LogP contribution in [0.5, 0.6) is 0 Å². The molecular formula is C29H38N4O2. The number of carbonyl (C=O) groups is 2. The van der Waals surface area contributed by atoms with Gasteiger partial charge in [-0.2, -0.15) is 0 Å². The lowest BCUT2D eigenvalue weighted by Gasteiger charge is -2.42. The number of carbonyl (C=O) groups excluding carboxylic acids is 2. The smallest absolute Gasteiger partial charge is 0.256 e. The van der Waals surface area contributed by atoms with Gasteiger partial charge in [0.1, 0.15) is 0 Å². The van der Waals surface area contributed by atoms with Gasteiger partial charge in [0.25, 0.3) is 5.91 Å². The first-order valence-electron chi connectivity index (χ1n) is 13.1. The number of nitrogens with zero attached hydrogens (tertiary/aromatic N) is 3. The van der Waals surface area contributed by atoms with Crippen molar-refractivity contribution < 1.29 is 9.59 Å². The Morgan fingerprint density at radius 3 is 2.31 bits per heavy atom. The van der Waals surface area contributed by atoms with E-state index in [1.807, 2.05) is 41.3 Å². The molecule has 1 N–H and O–H groups in total. The quantitative estimate of drug-likeness (QED) is 0.686. The van der Waals surface area contributed by atoms with E-state index in [2.05, 4.69) is 48.1 Å². The van der Waals surface area contributed by atoms with Gasteiger partial charge in [-0.25, -0.2) is 0 Å². The number of hydrogen-bond donors (Lipinski definition) is 1. The second-order valence-corrected chi connectivity index (χ2v) is 11.0. The Hall–Kier alpha value is -2.86. The van der Waals surface area contributed by atoms with E-state index < -0.39 is 0 Å². The Kier molecular flexibility index (Phi) is 6.83. The average molecular weight is 475 g/mol. The zero-order valence-electron chi connectivity index (χ0n) is 21.2. The minimum Gasteiger partial charge on any atom is -0.370 e. The Bertz CT molecular complexity index is 1060. The lowest BCUT2D eigenvalue weighted by Crippen LogP contribution is -2.49. The van der Waals surface area contributed by atoms with E-state index in [0.717, 1.165) is 56.0 Å². The summed E-state index contributed by atoms with van der Waals surface area (Å²) in [6.07, 6.45) is 3.15. The Morgan fingerprint density at radius 1 is 0.914 bits per heavy atom. The van der Waals surface area contributed by atoms with E-state index in [9.17, 15) is 9.59 Å². The normalized spacial score (nSPS) is 25.4. The molecule has 6 heteroatoms. The predicted molar refractivity (Wildman–Crippen MR) is 141 cm³/mol. The summed E-state index contributed by atoms with van der Waals surface area (Å²) in [6, 6.07) is 16.2. The molecule has 2 aliphatic heterocycles. The van der Waals surface area contributed by atoms with Gasteiger partial charge >= 0.3 is 0 Å². The van der Waals surface area contributed by atoms with Crippen molar-refractivity contribution >= 4 is 23.2 Å². The van der Waals surface area contributed by atoms with Gasteiger partial charge in [0.2, 0.25) is 5.91 Å². The zero-order chi connectivity index (χ0) is 24.5. The van der Waals surface area contributed by atoms with Gasteiger partial charge in [-0.05, 0) is 61.9 Å². The molecule has 2 saturated heterocycles. The van der Waals surface area contributed by atoms with Crippen molar-refractivity contribution in [1.82, 2.24) is 9.80 Å². The van der Waals surface area contributed by atoms with Crippen LogP contribution in [0.3, 0.4) is 0 Å². The third-order valence-corrected chi connectivity index (χ3v) is 7.68. The number of rotatable bonds is 5. The summed E-state index contributed by atoms with van der Waals surface area (Å²) in [5, 5.41) is 3.09. The molecule has 3 atom stereocenters. The molecule has 2 amide bonds. The van der Waals surface area contributed by atoms with E-state index >= 15 is 0 Å². The maximum absolute atomic E-state index is 14.2. The van der Waals surface area contributed by atoms with Crippen molar-refractivity contribution in [3.63, 3.8) is 0 Å². The molecule has 3 fully saturated rings. The molecule has 3 aliphatic rings.